The topological polar surface area (TPSA) is 108 Å². The summed E-state index contributed by atoms with van der Waals surface area (Å²) in [7, 11) is 0. The number of nitrogens with zero attached hydrogens (tertiary/aromatic N) is 4. The van der Waals surface area contributed by atoms with Gasteiger partial charge in [0.25, 0.3) is 5.56 Å². The van der Waals surface area contributed by atoms with Crippen LogP contribution in [-0.4, -0.2) is 38.1 Å². The molecule has 9 nitrogen and oxygen atoms in total. The molecule has 0 bridgehead atoms. The van der Waals surface area contributed by atoms with Crippen molar-refractivity contribution in [3.63, 3.8) is 0 Å². The van der Waals surface area contributed by atoms with Gasteiger partial charge in [0, 0.05) is 34.6 Å². The van der Waals surface area contributed by atoms with Gasteiger partial charge in [-0.1, -0.05) is 85.0 Å². The molecule has 50 heavy (non-hydrogen) atoms. The molecule has 270 valence electrons. The Hall–Kier alpha value is -4.42. The molecule has 1 saturated heterocycles. The molecule has 0 spiro atoms. The molecule has 1 fully saturated rings. The van der Waals surface area contributed by atoms with Crippen LogP contribution < -0.4 is 10.3 Å². The molecule has 2 aromatic carbocycles. The van der Waals surface area contributed by atoms with Crippen LogP contribution in [-0.2, 0) is 17.8 Å². The maximum atomic E-state index is 15.4. The summed E-state index contributed by atoms with van der Waals surface area (Å²) in [6.45, 7) is 15.1. The quantitative estimate of drug-likeness (QED) is 0.162. The van der Waals surface area contributed by atoms with E-state index < -0.39 is 23.0 Å². The zero-order valence-corrected chi connectivity index (χ0v) is 30.3. The molecule has 1 aliphatic heterocycles. The SMILES string of the molecule is CC.CC.CC1COCC1n1c(Cc2cc(F)c(-c3cccc(OCc4ccc(Cl)cc4F)n3)cc2F)nnc1-c1cc(=O)[nH]o1.CCCC. The molecule has 1 N–H and O–H groups in total. The van der Waals surface area contributed by atoms with Gasteiger partial charge in [0.05, 0.1) is 31.0 Å². The van der Waals surface area contributed by atoms with Crippen LogP contribution in [0.25, 0.3) is 22.8 Å². The van der Waals surface area contributed by atoms with E-state index in [4.69, 9.17) is 25.6 Å². The number of benzene rings is 2. The molecule has 6 rings (SSSR count). The predicted molar refractivity (Wildman–Crippen MR) is 189 cm³/mol. The van der Waals surface area contributed by atoms with Crippen molar-refractivity contribution >= 4 is 11.6 Å². The number of H-pyrrole nitrogens is 1. The molecule has 1 aliphatic rings. The number of ether oxygens (including phenoxy) is 2. The first kappa shape index (κ1) is 40.0. The number of pyridine rings is 1. The van der Waals surface area contributed by atoms with Crippen molar-refractivity contribution in [3.8, 4) is 28.7 Å². The highest BCUT2D eigenvalue weighted by Crippen LogP contribution is 2.33. The number of rotatable bonds is 9. The maximum absolute atomic E-state index is 15.4. The van der Waals surface area contributed by atoms with Gasteiger partial charge in [-0.3, -0.25) is 4.79 Å². The number of hydrogen-bond acceptors (Lipinski definition) is 7. The third-order valence-corrected chi connectivity index (χ3v) is 7.78. The minimum Gasteiger partial charge on any atom is -0.473 e. The Balaban J connectivity index is 0.000000778. The Bertz CT molecular complexity index is 1860. The van der Waals surface area contributed by atoms with Crippen LogP contribution in [0.1, 0.15) is 84.3 Å². The van der Waals surface area contributed by atoms with Gasteiger partial charge < -0.3 is 18.6 Å². The third-order valence-electron chi connectivity index (χ3n) is 7.54. The van der Waals surface area contributed by atoms with Crippen molar-refractivity contribution in [3.05, 3.63) is 104 Å². The molecule has 3 aromatic heterocycles. The molecule has 2 atom stereocenters. The summed E-state index contributed by atoms with van der Waals surface area (Å²) in [5.41, 5.74) is -0.0726. The number of unbranched alkanes of at least 4 members (excludes halogenated alkanes) is 1. The van der Waals surface area contributed by atoms with Crippen LogP contribution in [0.3, 0.4) is 0 Å². The Morgan fingerprint density at radius 3 is 2.26 bits per heavy atom. The van der Waals surface area contributed by atoms with Crippen LogP contribution in [0, 0.1) is 23.4 Å². The zero-order chi connectivity index (χ0) is 36.8. The Kier molecular flexibility index (Phi) is 15.8. The van der Waals surface area contributed by atoms with E-state index in [0.717, 1.165) is 12.1 Å². The average Bonchev–Trinajstić information content (AvgIpc) is 3.87. The second-order valence-electron chi connectivity index (χ2n) is 11.0. The monoisotopic (exact) mass is 715 g/mol. The van der Waals surface area contributed by atoms with Crippen LogP contribution >= 0.6 is 11.6 Å². The van der Waals surface area contributed by atoms with Crippen molar-refractivity contribution in [2.24, 2.45) is 5.92 Å². The molecule has 2 unspecified atom stereocenters. The molecular weight excluding hydrogens is 671 g/mol. The third kappa shape index (κ3) is 10.1. The van der Waals surface area contributed by atoms with Gasteiger partial charge in [-0.15, -0.1) is 10.2 Å². The number of hydrogen-bond donors (Lipinski definition) is 1. The molecule has 0 radical (unpaired) electrons. The van der Waals surface area contributed by atoms with Gasteiger partial charge in [0.15, 0.2) is 0 Å². The summed E-state index contributed by atoms with van der Waals surface area (Å²) in [6, 6.07) is 12.0. The second kappa shape index (κ2) is 19.7. The second-order valence-corrected chi connectivity index (χ2v) is 11.4. The van der Waals surface area contributed by atoms with Gasteiger partial charge in [0.1, 0.15) is 29.9 Å². The van der Waals surface area contributed by atoms with Gasteiger partial charge in [0.2, 0.25) is 17.5 Å². The molecule has 13 heteroatoms. The highest BCUT2D eigenvalue weighted by Gasteiger charge is 2.32. The lowest BCUT2D eigenvalue weighted by Gasteiger charge is -2.19. The predicted octanol–water partition coefficient (Wildman–Crippen LogP) is 9.60. The van der Waals surface area contributed by atoms with Crippen LogP contribution in [0.15, 0.2) is 63.9 Å². The Morgan fingerprint density at radius 1 is 0.920 bits per heavy atom. The van der Waals surface area contributed by atoms with E-state index in [2.05, 4.69) is 34.2 Å². The molecular formula is C37H45ClF3N5O4. The number of halogens is 4. The molecule has 0 amide bonds. The minimum atomic E-state index is -0.708. The van der Waals surface area contributed by atoms with Crippen molar-refractivity contribution in [2.75, 3.05) is 13.2 Å². The lowest BCUT2D eigenvalue weighted by molar-refractivity contribution is 0.182. The summed E-state index contributed by atoms with van der Waals surface area (Å²) in [6.07, 6.45) is 2.55. The fraction of sp³-hybridized carbons (Fsp3) is 0.405. The Labute approximate surface area is 295 Å². The van der Waals surface area contributed by atoms with Crippen LogP contribution in [0.5, 0.6) is 5.88 Å². The number of nitrogens with one attached hydrogen (secondary N) is 1. The van der Waals surface area contributed by atoms with Crippen molar-refractivity contribution in [1.29, 1.82) is 0 Å². The van der Waals surface area contributed by atoms with E-state index >= 15 is 8.78 Å². The molecule has 0 aliphatic carbocycles. The lowest BCUT2D eigenvalue weighted by Crippen LogP contribution is -2.19. The maximum Gasteiger partial charge on any atom is 0.280 e. The van der Waals surface area contributed by atoms with Crippen LogP contribution in [0.2, 0.25) is 5.02 Å². The minimum absolute atomic E-state index is 0.0455. The highest BCUT2D eigenvalue weighted by molar-refractivity contribution is 6.30. The van der Waals surface area contributed by atoms with E-state index in [0.29, 0.717) is 19.0 Å². The first-order valence-corrected chi connectivity index (χ1v) is 17.3. The fourth-order valence-electron chi connectivity index (χ4n) is 4.86. The average molecular weight is 716 g/mol. The van der Waals surface area contributed by atoms with Gasteiger partial charge in [-0.05, 0) is 35.9 Å². The van der Waals surface area contributed by atoms with E-state index in [-0.39, 0.29) is 69.9 Å². The highest BCUT2D eigenvalue weighted by atomic mass is 35.5. The molecule has 4 heterocycles. The summed E-state index contributed by atoms with van der Waals surface area (Å²) >= 11 is 5.79. The van der Waals surface area contributed by atoms with Crippen molar-refractivity contribution in [2.45, 2.75) is 80.4 Å². The number of aromatic nitrogens is 5. The first-order chi connectivity index (χ1) is 24.2. The van der Waals surface area contributed by atoms with E-state index in [1.165, 1.54) is 49.2 Å². The molecule has 5 aromatic rings. The summed E-state index contributed by atoms with van der Waals surface area (Å²) < 4.78 is 63.1. The summed E-state index contributed by atoms with van der Waals surface area (Å²) in [5, 5.41) is 10.9. The summed E-state index contributed by atoms with van der Waals surface area (Å²) in [5.74, 6) is -0.929. The van der Waals surface area contributed by atoms with E-state index in [9.17, 15) is 9.18 Å². The normalized spacial score (nSPS) is 14.9. The standard InChI is InChI=1S/C29H23ClF3N5O4.C4H10.2C2H6/c1-15-12-40-14-24(15)38-26(35-36-29(38)25-11-27(39)37-42-25)8-17-7-22(33)19(10-21(17)32)23-3-2-4-28(34-23)41-13-16-5-6-18(30)9-20(16)31;1-3-4-2;2*1-2/h2-7,9-11,15,24H,8,12-14H2,1H3,(H,37,39);3-4H2,1-2H3;2*1-2H3. The smallest absolute Gasteiger partial charge is 0.280 e. The fourth-order valence-corrected chi connectivity index (χ4v) is 5.02. The lowest BCUT2D eigenvalue weighted by atomic mass is 10.0. The van der Waals surface area contributed by atoms with Crippen molar-refractivity contribution < 1.29 is 27.2 Å². The van der Waals surface area contributed by atoms with Gasteiger partial charge in [-0.25, -0.2) is 18.2 Å². The molecule has 0 saturated carbocycles. The first-order valence-electron chi connectivity index (χ1n) is 16.9. The van der Waals surface area contributed by atoms with Crippen LogP contribution in [0.4, 0.5) is 13.2 Å². The largest absolute Gasteiger partial charge is 0.473 e. The van der Waals surface area contributed by atoms with E-state index in [1.54, 1.807) is 10.6 Å². The summed E-state index contributed by atoms with van der Waals surface area (Å²) in [4.78, 5) is 16.0. The zero-order valence-electron chi connectivity index (χ0n) is 29.5. The van der Waals surface area contributed by atoms with Gasteiger partial charge in [-0.2, -0.15) is 5.16 Å². The number of aromatic amines is 1. The van der Waals surface area contributed by atoms with Crippen molar-refractivity contribution in [1.82, 2.24) is 24.9 Å². The van der Waals surface area contributed by atoms with Gasteiger partial charge >= 0.3 is 0 Å². The Morgan fingerprint density at radius 2 is 1.64 bits per heavy atom. The van der Waals surface area contributed by atoms with E-state index in [1.807, 2.05) is 34.6 Å².